The van der Waals surface area contributed by atoms with Gasteiger partial charge in [0, 0.05) is 57.8 Å². The van der Waals surface area contributed by atoms with E-state index in [0.717, 1.165) is 25.9 Å². The number of urea groups is 1. The third kappa shape index (κ3) is 4.07. The highest BCUT2D eigenvalue weighted by Crippen LogP contribution is 2.36. The SMILES string of the molecule is CCN1CCC[C@@H](CN(C)C(=O)Nc2ccn(C)n2)[C@@H]1c1cnn(C)c1. The van der Waals surface area contributed by atoms with E-state index in [1.165, 1.54) is 5.56 Å². The zero-order chi connectivity index (χ0) is 18.7. The van der Waals surface area contributed by atoms with Gasteiger partial charge < -0.3 is 4.90 Å². The number of hydrogen-bond donors (Lipinski definition) is 1. The fourth-order valence-electron chi connectivity index (χ4n) is 3.89. The summed E-state index contributed by atoms with van der Waals surface area (Å²) >= 11 is 0. The van der Waals surface area contributed by atoms with Crippen LogP contribution in [0.3, 0.4) is 0 Å². The minimum absolute atomic E-state index is 0.123. The highest BCUT2D eigenvalue weighted by Gasteiger charge is 2.34. The molecule has 0 saturated carbocycles. The Balaban J connectivity index is 1.69. The normalized spacial score (nSPS) is 20.9. The van der Waals surface area contributed by atoms with Crippen LogP contribution in [0.25, 0.3) is 0 Å². The number of likely N-dealkylation sites (tertiary alicyclic amines) is 1. The van der Waals surface area contributed by atoms with Crippen molar-refractivity contribution in [2.45, 2.75) is 25.8 Å². The number of nitrogens with one attached hydrogen (secondary N) is 1. The molecule has 2 atom stereocenters. The summed E-state index contributed by atoms with van der Waals surface area (Å²) in [6.07, 6.45) is 8.13. The monoisotopic (exact) mass is 359 g/mol. The first kappa shape index (κ1) is 18.4. The molecule has 8 heteroatoms. The second-order valence-electron chi connectivity index (χ2n) is 7.11. The van der Waals surface area contributed by atoms with Crippen molar-refractivity contribution < 1.29 is 4.79 Å². The van der Waals surface area contributed by atoms with Crippen LogP contribution in [-0.4, -0.2) is 62.1 Å². The van der Waals surface area contributed by atoms with Gasteiger partial charge in [0.15, 0.2) is 5.82 Å². The van der Waals surface area contributed by atoms with Gasteiger partial charge in [-0.2, -0.15) is 10.2 Å². The number of carbonyl (C=O) groups excluding carboxylic acids is 1. The lowest BCUT2D eigenvalue weighted by molar-refractivity contribution is 0.0828. The van der Waals surface area contributed by atoms with Gasteiger partial charge in [0.1, 0.15) is 0 Å². The molecule has 0 unspecified atom stereocenters. The van der Waals surface area contributed by atoms with Gasteiger partial charge in [-0.3, -0.25) is 19.6 Å². The molecule has 2 amide bonds. The molecule has 3 rings (SSSR count). The molecule has 0 bridgehead atoms. The van der Waals surface area contributed by atoms with Crippen molar-refractivity contribution in [2.75, 3.05) is 32.0 Å². The van der Waals surface area contributed by atoms with Gasteiger partial charge in [0.05, 0.1) is 6.20 Å². The summed E-state index contributed by atoms with van der Waals surface area (Å²) in [6, 6.07) is 1.97. The Bertz CT molecular complexity index is 737. The van der Waals surface area contributed by atoms with E-state index in [-0.39, 0.29) is 6.03 Å². The van der Waals surface area contributed by atoms with Crippen LogP contribution in [0.5, 0.6) is 0 Å². The predicted octanol–water partition coefficient (Wildman–Crippen LogP) is 2.09. The van der Waals surface area contributed by atoms with Crippen LogP contribution in [0.15, 0.2) is 24.7 Å². The first-order chi connectivity index (χ1) is 12.5. The minimum atomic E-state index is -0.123. The number of carbonyl (C=O) groups is 1. The number of hydrogen-bond acceptors (Lipinski definition) is 4. The number of amides is 2. The number of piperidine rings is 1. The average molecular weight is 359 g/mol. The quantitative estimate of drug-likeness (QED) is 0.887. The third-order valence-electron chi connectivity index (χ3n) is 5.14. The van der Waals surface area contributed by atoms with E-state index in [1.807, 2.05) is 38.2 Å². The Morgan fingerprint density at radius 3 is 2.81 bits per heavy atom. The molecule has 26 heavy (non-hydrogen) atoms. The van der Waals surface area contributed by atoms with Crippen LogP contribution < -0.4 is 5.32 Å². The number of rotatable bonds is 5. The molecule has 2 aromatic rings. The van der Waals surface area contributed by atoms with E-state index in [2.05, 4.69) is 33.5 Å². The van der Waals surface area contributed by atoms with Crippen LogP contribution >= 0.6 is 0 Å². The van der Waals surface area contributed by atoms with Crippen LogP contribution in [0.1, 0.15) is 31.4 Å². The van der Waals surface area contributed by atoms with Crippen LogP contribution in [0.2, 0.25) is 0 Å². The zero-order valence-electron chi connectivity index (χ0n) is 16.1. The van der Waals surface area contributed by atoms with E-state index in [4.69, 9.17) is 0 Å². The van der Waals surface area contributed by atoms with E-state index in [1.54, 1.807) is 15.6 Å². The van der Waals surface area contributed by atoms with Crippen LogP contribution in [0, 0.1) is 5.92 Å². The minimum Gasteiger partial charge on any atom is -0.327 e. The standard InChI is InChI=1S/C18H29N7O/c1-5-25-9-6-7-14(17(25)15-11-19-24(4)13-15)12-22(2)18(26)20-16-8-10-23(3)21-16/h8,10-11,13-14,17H,5-7,9,12H2,1-4H3,(H,20,21,26)/t14-,17+/m0/s1. The van der Waals surface area contributed by atoms with Crippen molar-refractivity contribution in [3.63, 3.8) is 0 Å². The molecule has 3 heterocycles. The largest absolute Gasteiger partial charge is 0.327 e. The number of aromatic nitrogens is 4. The molecule has 1 aliphatic heterocycles. The van der Waals surface area contributed by atoms with Gasteiger partial charge in [0.25, 0.3) is 0 Å². The van der Waals surface area contributed by atoms with E-state index in [0.29, 0.717) is 24.3 Å². The Morgan fingerprint density at radius 2 is 2.19 bits per heavy atom. The fraction of sp³-hybridized carbons (Fsp3) is 0.611. The molecule has 1 N–H and O–H groups in total. The Hall–Kier alpha value is -2.35. The average Bonchev–Trinajstić information content (AvgIpc) is 3.22. The van der Waals surface area contributed by atoms with Gasteiger partial charge in [-0.25, -0.2) is 4.79 Å². The molecule has 1 aliphatic rings. The van der Waals surface area contributed by atoms with Crippen molar-refractivity contribution in [1.82, 2.24) is 29.4 Å². The Morgan fingerprint density at radius 1 is 1.38 bits per heavy atom. The van der Waals surface area contributed by atoms with Crippen molar-refractivity contribution in [1.29, 1.82) is 0 Å². The van der Waals surface area contributed by atoms with Gasteiger partial charge in [0.2, 0.25) is 0 Å². The van der Waals surface area contributed by atoms with Crippen LogP contribution in [0.4, 0.5) is 10.6 Å². The van der Waals surface area contributed by atoms with E-state index >= 15 is 0 Å². The topological polar surface area (TPSA) is 71.2 Å². The highest BCUT2D eigenvalue weighted by atomic mass is 16.2. The molecule has 1 saturated heterocycles. The maximum atomic E-state index is 12.5. The summed E-state index contributed by atoms with van der Waals surface area (Å²) in [6.45, 7) is 4.99. The van der Waals surface area contributed by atoms with Gasteiger partial charge in [-0.1, -0.05) is 6.92 Å². The lowest BCUT2D eigenvalue weighted by Gasteiger charge is -2.41. The van der Waals surface area contributed by atoms with Crippen LogP contribution in [-0.2, 0) is 14.1 Å². The zero-order valence-corrected chi connectivity index (χ0v) is 16.1. The first-order valence-corrected chi connectivity index (χ1v) is 9.22. The van der Waals surface area contributed by atoms with E-state index < -0.39 is 0 Å². The molecule has 8 nitrogen and oxygen atoms in total. The number of nitrogens with zero attached hydrogens (tertiary/aromatic N) is 6. The molecule has 2 aromatic heterocycles. The molecule has 0 aliphatic carbocycles. The summed E-state index contributed by atoms with van der Waals surface area (Å²) in [5.41, 5.74) is 1.23. The highest BCUT2D eigenvalue weighted by molar-refractivity contribution is 5.88. The maximum Gasteiger partial charge on any atom is 0.322 e. The predicted molar refractivity (Wildman–Crippen MR) is 101 cm³/mol. The molecular weight excluding hydrogens is 330 g/mol. The molecular formula is C18H29N7O. The van der Waals surface area contributed by atoms with Gasteiger partial charge in [-0.05, 0) is 31.8 Å². The molecule has 0 spiro atoms. The summed E-state index contributed by atoms with van der Waals surface area (Å²) in [5.74, 6) is 0.958. The van der Waals surface area contributed by atoms with Crippen molar-refractivity contribution >= 4 is 11.8 Å². The van der Waals surface area contributed by atoms with Gasteiger partial charge >= 0.3 is 6.03 Å². The second-order valence-corrected chi connectivity index (χ2v) is 7.11. The Kier molecular flexibility index (Phi) is 5.61. The van der Waals surface area contributed by atoms with Gasteiger partial charge in [-0.15, -0.1) is 0 Å². The Labute approximate surface area is 154 Å². The third-order valence-corrected chi connectivity index (χ3v) is 5.14. The summed E-state index contributed by atoms with van der Waals surface area (Å²) in [7, 11) is 5.63. The fourth-order valence-corrected chi connectivity index (χ4v) is 3.89. The summed E-state index contributed by atoms with van der Waals surface area (Å²) < 4.78 is 3.53. The smallest absolute Gasteiger partial charge is 0.322 e. The molecule has 1 fully saturated rings. The van der Waals surface area contributed by atoms with Crippen molar-refractivity contribution in [3.8, 4) is 0 Å². The lowest BCUT2D eigenvalue weighted by Crippen LogP contribution is -2.44. The lowest BCUT2D eigenvalue weighted by atomic mass is 9.85. The number of anilines is 1. The van der Waals surface area contributed by atoms with Crippen molar-refractivity contribution in [3.05, 3.63) is 30.2 Å². The first-order valence-electron chi connectivity index (χ1n) is 9.22. The molecule has 142 valence electrons. The summed E-state index contributed by atoms with van der Waals surface area (Å²) in [5, 5.41) is 11.4. The van der Waals surface area contributed by atoms with E-state index in [9.17, 15) is 4.79 Å². The maximum absolute atomic E-state index is 12.5. The molecule has 0 radical (unpaired) electrons. The molecule has 0 aromatic carbocycles. The number of aryl methyl sites for hydroxylation is 2. The van der Waals surface area contributed by atoms with Crippen molar-refractivity contribution in [2.24, 2.45) is 20.0 Å². The summed E-state index contributed by atoms with van der Waals surface area (Å²) in [4.78, 5) is 16.8. The second kappa shape index (κ2) is 7.90.